The van der Waals surface area contributed by atoms with E-state index >= 15 is 0 Å². The van der Waals surface area contributed by atoms with Crippen LogP contribution in [0, 0.1) is 0 Å². The van der Waals surface area contributed by atoms with Gasteiger partial charge in [0.15, 0.2) is 0 Å². The summed E-state index contributed by atoms with van der Waals surface area (Å²) >= 11 is 0. The van der Waals surface area contributed by atoms with E-state index in [1.807, 2.05) is 0 Å². The second-order valence-electron chi connectivity index (χ2n) is 0.213. The molecule has 6 heavy (non-hydrogen) atoms. The summed E-state index contributed by atoms with van der Waals surface area (Å²) in [6, 6.07) is 0. The zero-order valence-electron chi connectivity index (χ0n) is 2.46. The van der Waals surface area contributed by atoms with Crippen molar-refractivity contribution in [2.45, 2.75) is 0 Å². The average Bonchev–Trinajstić information content (AvgIpc) is 0.811. The third kappa shape index (κ3) is 105. The molecule has 0 spiro atoms. The van der Waals surface area contributed by atoms with Gasteiger partial charge in [-0.1, -0.05) is 0 Å². The van der Waals surface area contributed by atoms with E-state index in [2.05, 4.69) is 10.7 Å². The molecule has 0 fully saturated rings. The minimum Gasteiger partial charge on any atom is -0.215 e. The number of hydrogen-bond acceptors (Lipinski definition) is 2. The molecule has 0 aromatic rings. The third-order valence-corrected chi connectivity index (χ3v) is 0. The summed E-state index contributed by atoms with van der Waals surface area (Å²) in [5.41, 5.74) is 0. The Balaban J connectivity index is -0.0000000450. The molecule has 2 nitrogen and oxygen atoms in total. The predicted octanol–water partition coefficient (Wildman–Crippen LogP) is 0.595. The Kier molecular flexibility index (Phi) is 24.4. The van der Waals surface area contributed by atoms with Crippen molar-refractivity contribution < 1.29 is 8.42 Å². The molecule has 0 saturated heterocycles. The van der Waals surface area contributed by atoms with Crippen LogP contribution in [0.1, 0.15) is 0 Å². The van der Waals surface area contributed by atoms with Crippen LogP contribution in [0.15, 0.2) is 0 Å². The fourth-order valence-electron chi connectivity index (χ4n) is 0. The maximum Gasteiger partial charge on any atom is 0.222 e. The first-order valence-corrected chi connectivity index (χ1v) is 2.62. The van der Waals surface area contributed by atoms with Gasteiger partial charge in [-0.15, -0.1) is 24.8 Å². The minimum atomic E-state index is -2.65. The molecule has 0 rings (SSSR count). The minimum absolute atomic E-state index is 0. The van der Waals surface area contributed by atoms with Crippen molar-refractivity contribution in [3.05, 3.63) is 0 Å². The number of rotatable bonds is 0. The van der Waals surface area contributed by atoms with Crippen molar-refractivity contribution in [3.8, 4) is 0 Å². The molecule has 6 heteroatoms. The van der Waals surface area contributed by atoms with Crippen LogP contribution in [-0.4, -0.2) is 8.42 Å². The molecule has 0 radical (unpaired) electrons. The molecular formula is H3Cl3O2S. The van der Waals surface area contributed by atoms with Crippen molar-refractivity contribution in [2.75, 3.05) is 0 Å². The summed E-state index contributed by atoms with van der Waals surface area (Å²) in [5.74, 6) is 0. The van der Waals surface area contributed by atoms with E-state index < -0.39 is 9.92 Å². The van der Waals surface area contributed by atoms with Gasteiger partial charge in [-0.3, -0.25) is 0 Å². The van der Waals surface area contributed by atoms with Crippen molar-refractivity contribution in [1.82, 2.24) is 0 Å². The molecule has 0 aliphatic carbocycles. The third-order valence-electron chi connectivity index (χ3n) is 0. The first-order valence-electron chi connectivity index (χ1n) is 0.534. The zero-order valence-corrected chi connectivity index (χ0v) is 5.74. The fourth-order valence-corrected chi connectivity index (χ4v) is 0. The molecule has 0 amide bonds. The lowest BCUT2D eigenvalue weighted by molar-refractivity contribution is 0.626. The van der Waals surface area contributed by atoms with Crippen LogP contribution in [0.5, 0.6) is 0 Å². The van der Waals surface area contributed by atoms with E-state index in [0.717, 1.165) is 0 Å². The Labute approximate surface area is 54.1 Å². The van der Waals surface area contributed by atoms with Gasteiger partial charge in [0, 0.05) is 10.7 Å². The van der Waals surface area contributed by atoms with Crippen molar-refractivity contribution in [1.29, 1.82) is 0 Å². The van der Waals surface area contributed by atoms with Crippen LogP contribution in [0.4, 0.5) is 0 Å². The molecule has 0 aromatic carbocycles. The molecule has 0 atom stereocenters. The summed E-state index contributed by atoms with van der Waals surface area (Å²) in [5, 5.41) is 0. The van der Waals surface area contributed by atoms with Crippen LogP contribution in [0.3, 0.4) is 0 Å². The lowest BCUT2D eigenvalue weighted by Gasteiger charge is -1.37. The second-order valence-corrected chi connectivity index (χ2v) is 1.47. The first-order chi connectivity index (χ1) is 1.73. The van der Waals surface area contributed by atoms with Gasteiger partial charge in [-0.05, 0) is 0 Å². The number of thiol groups is 1. The average molecular weight is 173 g/mol. The quantitative estimate of drug-likeness (QED) is 0.430. The molecule has 0 saturated carbocycles. The standard InChI is InChI=1S/ClHO2S.2ClH/c1-4(2)3;;/h4H;2*1H. The molecule has 0 aromatic heterocycles. The Morgan fingerprint density at radius 2 is 1.17 bits per heavy atom. The van der Waals surface area contributed by atoms with Gasteiger partial charge in [0.25, 0.3) is 0 Å². The number of hydrogen-bond donors (Lipinski definition) is 1. The number of halogens is 3. The Morgan fingerprint density at radius 3 is 1.17 bits per heavy atom. The second kappa shape index (κ2) is 9.27. The molecule has 0 unspecified atom stereocenters. The molecule has 42 valence electrons. The van der Waals surface area contributed by atoms with Crippen molar-refractivity contribution in [3.63, 3.8) is 0 Å². The lowest BCUT2D eigenvalue weighted by atomic mass is 15.9. The van der Waals surface area contributed by atoms with Crippen molar-refractivity contribution >= 4 is 45.4 Å². The zero-order chi connectivity index (χ0) is 3.58. The highest BCUT2D eigenvalue weighted by molar-refractivity contribution is 7.98. The Bertz CT molecular complexity index is 57.2. The monoisotopic (exact) mass is 172 g/mol. The maximum atomic E-state index is 8.80. The van der Waals surface area contributed by atoms with E-state index in [1.165, 1.54) is 0 Å². The van der Waals surface area contributed by atoms with Crippen LogP contribution in [-0.2, 0) is 9.92 Å². The predicted molar refractivity (Wildman–Crippen MR) is 30.7 cm³/mol. The van der Waals surface area contributed by atoms with Crippen LogP contribution < -0.4 is 0 Å². The van der Waals surface area contributed by atoms with Gasteiger partial charge in [-0.25, -0.2) is 8.42 Å². The van der Waals surface area contributed by atoms with Gasteiger partial charge < -0.3 is 0 Å². The van der Waals surface area contributed by atoms with Crippen LogP contribution >= 0.6 is 35.5 Å². The van der Waals surface area contributed by atoms with E-state index in [4.69, 9.17) is 8.42 Å². The highest BCUT2D eigenvalue weighted by Gasteiger charge is 1.49. The van der Waals surface area contributed by atoms with E-state index in [-0.39, 0.29) is 24.8 Å². The Hall–Kier alpha value is 0.820. The highest BCUT2D eigenvalue weighted by Crippen LogP contribution is 1.61. The summed E-state index contributed by atoms with van der Waals surface area (Å²) in [6.07, 6.45) is 0. The summed E-state index contributed by atoms with van der Waals surface area (Å²) < 4.78 is 17.6. The van der Waals surface area contributed by atoms with Gasteiger partial charge in [0.05, 0.1) is 0 Å². The van der Waals surface area contributed by atoms with Gasteiger partial charge >= 0.3 is 0 Å². The SMILES string of the molecule is Cl.Cl.O=[SH](=O)Cl. The highest BCUT2D eigenvalue weighted by atomic mass is 35.7. The van der Waals surface area contributed by atoms with E-state index in [1.54, 1.807) is 0 Å². The molecule has 0 heterocycles. The van der Waals surface area contributed by atoms with Crippen molar-refractivity contribution in [2.24, 2.45) is 0 Å². The van der Waals surface area contributed by atoms with Crippen LogP contribution in [0.2, 0.25) is 0 Å². The van der Waals surface area contributed by atoms with E-state index in [0.29, 0.717) is 0 Å². The molecule has 0 aliphatic rings. The Morgan fingerprint density at radius 1 is 1.17 bits per heavy atom. The van der Waals surface area contributed by atoms with Gasteiger partial charge in [0.1, 0.15) is 0 Å². The largest absolute Gasteiger partial charge is 0.222 e. The molecule has 0 aliphatic heterocycles. The molecule has 0 bridgehead atoms. The summed E-state index contributed by atoms with van der Waals surface area (Å²) in [4.78, 5) is 0. The van der Waals surface area contributed by atoms with E-state index in [9.17, 15) is 0 Å². The topological polar surface area (TPSA) is 34.1 Å². The molecule has 0 N–H and O–H groups in total. The normalized spacial score (nSPS) is 5.67. The summed E-state index contributed by atoms with van der Waals surface area (Å²) in [7, 11) is 1.58. The summed E-state index contributed by atoms with van der Waals surface area (Å²) in [6.45, 7) is 0. The molecular weight excluding hydrogens is 170 g/mol. The first kappa shape index (κ1) is 15.8. The maximum absolute atomic E-state index is 8.80. The fraction of sp³-hybridized carbons (Fsp3) is 0. The lowest BCUT2D eigenvalue weighted by Crippen LogP contribution is -1.41. The van der Waals surface area contributed by atoms with Crippen LogP contribution in [0.25, 0.3) is 0 Å². The van der Waals surface area contributed by atoms with Gasteiger partial charge in [-0.2, -0.15) is 0 Å². The smallest absolute Gasteiger partial charge is 0.215 e. The van der Waals surface area contributed by atoms with Gasteiger partial charge in [0.2, 0.25) is 9.92 Å².